The summed E-state index contributed by atoms with van der Waals surface area (Å²) in [7, 11) is 0. The van der Waals surface area contributed by atoms with Gasteiger partial charge >= 0.3 is 0 Å². The van der Waals surface area contributed by atoms with Crippen molar-refractivity contribution in [2.75, 3.05) is 6.61 Å². The second-order valence-corrected chi connectivity index (χ2v) is 3.63. The molecular weight excluding hydrogens is 140 g/mol. The highest BCUT2D eigenvalue weighted by Gasteiger charge is 2.31. The van der Waals surface area contributed by atoms with Gasteiger partial charge in [0.15, 0.2) is 0 Å². The summed E-state index contributed by atoms with van der Waals surface area (Å²) in [5.41, 5.74) is 0. The molecule has 0 spiro atoms. The van der Waals surface area contributed by atoms with Gasteiger partial charge in [-0.15, -0.1) is 0 Å². The van der Waals surface area contributed by atoms with Gasteiger partial charge in [0, 0.05) is 11.8 Å². The summed E-state index contributed by atoms with van der Waals surface area (Å²) < 4.78 is 0. The Kier molecular flexibility index (Phi) is 2.66. The van der Waals surface area contributed by atoms with Crippen molar-refractivity contribution in [3.05, 3.63) is 0 Å². The van der Waals surface area contributed by atoms with E-state index < -0.39 is 0 Å². The lowest BCUT2D eigenvalue weighted by molar-refractivity contribution is -0.131. The van der Waals surface area contributed by atoms with Gasteiger partial charge < -0.3 is 5.11 Å². The maximum Gasteiger partial charge on any atom is 0.141 e. The van der Waals surface area contributed by atoms with E-state index in [1.165, 1.54) is 0 Å². The van der Waals surface area contributed by atoms with Crippen LogP contribution in [0.4, 0.5) is 0 Å². The van der Waals surface area contributed by atoms with Crippen LogP contribution in [0.2, 0.25) is 0 Å². The highest BCUT2D eigenvalue weighted by Crippen LogP contribution is 2.29. The second kappa shape index (κ2) is 3.35. The third kappa shape index (κ3) is 1.62. The fourth-order valence-corrected chi connectivity index (χ4v) is 1.69. The van der Waals surface area contributed by atoms with E-state index >= 15 is 0 Å². The minimum Gasteiger partial charge on any atom is -0.396 e. The zero-order chi connectivity index (χ0) is 8.43. The van der Waals surface area contributed by atoms with Gasteiger partial charge in [-0.3, -0.25) is 4.79 Å². The van der Waals surface area contributed by atoms with Crippen LogP contribution in [0, 0.1) is 17.8 Å². The Morgan fingerprint density at radius 3 is 2.64 bits per heavy atom. The average molecular weight is 156 g/mol. The van der Waals surface area contributed by atoms with Gasteiger partial charge in [-0.25, -0.2) is 0 Å². The summed E-state index contributed by atoms with van der Waals surface area (Å²) in [5, 5.41) is 8.84. The molecule has 1 fully saturated rings. The molecule has 2 heteroatoms. The first-order valence-corrected chi connectivity index (χ1v) is 4.31. The molecule has 0 heterocycles. The van der Waals surface area contributed by atoms with Crippen LogP contribution in [-0.4, -0.2) is 17.5 Å². The van der Waals surface area contributed by atoms with Crippen molar-refractivity contribution in [2.24, 2.45) is 17.8 Å². The Balaban J connectivity index is 2.59. The zero-order valence-corrected chi connectivity index (χ0v) is 7.21. The molecule has 0 aromatic rings. The van der Waals surface area contributed by atoms with Gasteiger partial charge in [0.1, 0.15) is 5.78 Å². The molecule has 0 saturated heterocycles. The summed E-state index contributed by atoms with van der Waals surface area (Å²) in [6.07, 6.45) is 1.96. The van der Waals surface area contributed by atoms with Gasteiger partial charge in [0.05, 0.1) is 6.61 Å². The maximum absolute atomic E-state index is 11.4. The molecule has 0 bridgehead atoms. The van der Waals surface area contributed by atoms with Crippen LogP contribution in [-0.2, 0) is 4.79 Å². The van der Waals surface area contributed by atoms with Crippen molar-refractivity contribution >= 4 is 5.78 Å². The number of hydrogen-bond acceptors (Lipinski definition) is 2. The van der Waals surface area contributed by atoms with E-state index in [0.29, 0.717) is 5.92 Å². The maximum atomic E-state index is 11.4. The lowest BCUT2D eigenvalue weighted by atomic mass is 9.75. The lowest BCUT2D eigenvalue weighted by Crippen LogP contribution is -2.33. The minimum absolute atomic E-state index is 0.0376. The number of Topliss-reactive ketones (excluding diaryl/α,β-unsaturated/α-hetero) is 1. The molecule has 0 aromatic carbocycles. The largest absolute Gasteiger partial charge is 0.396 e. The second-order valence-electron chi connectivity index (χ2n) is 3.63. The van der Waals surface area contributed by atoms with Crippen LogP contribution >= 0.6 is 0 Å². The van der Waals surface area contributed by atoms with E-state index in [-0.39, 0.29) is 24.2 Å². The summed E-state index contributed by atoms with van der Waals surface area (Å²) in [5.74, 6) is 0.846. The van der Waals surface area contributed by atoms with Gasteiger partial charge in [-0.1, -0.05) is 13.8 Å². The summed E-state index contributed by atoms with van der Waals surface area (Å²) in [6, 6.07) is 0. The first-order valence-electron chi connectivity index (χ1n) is 4.31. The molecule has 1 rings (SSSR count). The molecule has 3 unspecified atom stereocenters. The number of aliphatic hydroxyl groups is 1. The SMILES string of the molecule is CC1CCC(CO)C(=O)C1C. The van der Waals surface area contributed by atoms with Gasteiger partial charge in [0.2, 0.25) is 0 Å². The monoisotopic (exact) mass is 156 g/mol. The average Bonchev–Trinajstić information content (AvgIpc) is 2.01. The minimum atomic E-state index is -0.0683. The quantitative estimate of drug-likeness (QED) is 0.620. The number of aliphatic hydroxyl groups excluding tert-OH is 1. The molecule has 11 heavy (non-hydrogen) atoms. The highest BCUT2D eigenvalue weighted by atomic mass is 16.3. The predicted molar refractivity (Wildman–Crippen MR) is 43.1 cm³/mol. The molecule has 64 valence electrons. The Morgan fingerprint density at radius 2 is 2.09 bits per heavy atom. The number of carbonyl (C=O) groups is 1. The van der Waals surface area contributed by atoms with Crippen LogP contribution in [0.5, 0.6) is 0 Å². The molecule has 1 saturated carbocycles. The van der Waals surface area contributed by atoms with Crippen LogP contribution in [0.3, 0.4) is 0 Å². The standard InChI is InChI=1S/C9H16O2/c1-6-3-4-8(5-10)9(11)7(6)2/h6-8,10H,3-5H2,1-2H3. The Bertz CT molecular complexity index is 150. The van der Waals surface area contributed by atoms with E-state index in [1.807, 2.05) is 6.92 Å². The molecule has 3 atom stereocenters. The normalized spacial score (nSPS) is 39.2. The van der Waals surface area contributed by atoms with Gasteiger partial charge in [-0.05, 0) is 18.8 Å². The topological polar surface area (TPSA) is 37.3 Å². The van der Waals surface area contributed by atoms with Crippen LogP contribution in [0.1, 0.15) is 26.7 Å². The summed E-state index contributed by atoms with van der Waals surface area (Å²) >= 11 is 0. The van der Waals surface area contributed by atoms with E-state index in [2.05, 4.69) is 6.92 Å². The number of carbonyl (C=O) groups excluding carboxylic acids is 1. The molecule has 0 aliphatic heterocycles. The lowest BCUT2D eigenvalue weighted by Gasteiger charge is -2.29. The van der Waals surface area contributed by atoms with E-state index in [9.17, 15) is 4.79 Å². The van der Waals surface area contributed by atoms with E-state index in [0.717, 1.165) is 12.8 Å². The van der Waals surface area contributed by atoms with Gasteiger partial charge in [0.25, 0.3) is 0 Å². The molecule has 1 aliphatic carbocycles. The van der Waals surface area contributed by atoms with Crippen molar-refractivity contribution in [3.63, 3.8) is 0 Å². The highest BCUT2D eigenvalue weighted by molar-refractivity contribution is 5.84. The van der Waals surface area contributed by atoms with Crippen molar-refractivity contribution in [1.82, 2.24) is 0 Å². The van der Waals surface area contributed by atoms with E-state index in [4.69, 9.17) is 5.11 Å². The van der Waals surface area contributed by atoms with Crippen LogP contribution < -0.4 is 0 Å². The third-order valence-electron chi connectivity index (χ3n) is 2.90. The molecule has 0 radical (unpaired) electrons. The first kappa shape index (κ1) is 8.72. The van der Waals surface area contributed by atoms with Crippen molar-refractivity contribution in [1.29, 1.82) is 0 Å². The van der Waals surface area contributed by atoms with Crippen molar-refractivity contribution in [2.45, 2.75) is 26.7 Å². The Morgan fingerprint density at radius 1 is 1.45 bits per heavy atom. The Labute approximate surface area is 67.6 Å². The molecular formula is C9H16O2. The van der Waals surface area contributed by atoms with E-state index in [1.54, 1.807) is 0 Å². The van der Waals surface area contributed by atoms with Gasteiger partial charge in [-0.2, -0.15) is 0 Å². The number of hydrogen-bond donors (Lipinski definition) is 1. The summed E-state index contributed by atoms with van der Waals surface area (Å²) in [4.78, 5) is 11.4. The molecule has 2 nitrogen and oxygen atoms in total. The molecule has 0 amide bonds. The molecule has 1 N–H and O–H groups in total. The van der Waals surface area contributed by atoms with Crippen molar-refractivity contribution < 1.29 is 9.90 Å². The molecule has 0 aromatic heterocycles. The predicted octanol–water partition coefficient (Wildman–Crippen LogP) is 1.23. The number of ketones is 1. The third-order valence-corrected chi connectivity index (χ3v) is 2.90. The fraction of sp³-hybridized carbons (Fsp3) is 0.889. The molecule has 1 aliphatic rings. The smallest absolute Gasteiger partial charge is 0.141 e. The summed E-state index contributed by atoms with van der Waals surface area (Å²) in [6.45, 7) is 4.11. The number of rotatable bonds is 1. The van der Waals surface area contributed by atoms with Crippen LogP contribution in [0.25, 0.3) is 0 Å². The van der Waals surface area contributed by atoms with Crippen LogP contribution in [0.15, 0.2) is 0 Å². The fourth-order valence-electron chi connectivity index (χ4n) is 1.69. The van der Waals surface area contributed by atoms with Crippen molar-refractivity contribution in [3.8, 4) is 0 Å². The first-order chi connectivity index (χ1) is 5.16. The zero-order valence-electron chi connectivity index (χ0n) is 7.21. The Hall–Kier alpha value is -0.370.